The maximum Gasteiger partial charge on any atom is 0.258 e. The van der Waals surface area contributed by atoms with Gasteiger partial charge in [0.05, 0.1) is 11.3 Å². The summed E-state index contributed by atoms with van der Waals surface area (Å²) in [5, 5.41) is 15.7. The van der Waals surface area contributed by atoms with E-state index in [1.54, 1.807) is 41.2 Å². The second-order valence-corrected chi connectivity index (χ2v) is 6.77. The molecule has 0 fully saturated rings. The van der Waals surface area contributed by atoms with Gasteiger partial charge in [0.15, 0.2) is 11.5 Å². The zero-order valence-electron chi connectivity index (χ0n) is 16.1. The molecule has 150 valence electrons. The second-order valence-electron chi connectivity index (χ2n) is 6.77. The molecule has 1 N–H and O–H groups in total. The Morgan fingerprint density at radius 3 is 2.48 bits per heavy atom. The highest BCUT2D eigenvalue weighted by Gasteiger charge is 2.13. The van der Waals surface area contributed by atoms with Crippen LogP contribution in [0, 0.1) is 5.82 Å². The van der Waals surface area contributed by atoms with Gasteiger partial charge in [-0.1, -0.05) is 24.3 Å². The first-order valence-corrected chi connectivity index (χ1v) is 9.48. The molecule has 31 heavy (non-hydrogen) atoms. The minimum Gasteiger partial charge on any atom is -0.322 e. The summed E-state index contributed by atoms with van der Waals surface area (Å²) in [7, 11) is 0. The number of carbonyl (C=O) groups excluding carboxylic acids is 1. The van der Waals surface area contributed by atoms with Gasteiger partial charge in [-0.2, -0.15) is 9.61 Å². The summed E-state index contributed by atoms with van der Waals surface area (Å²) in [6.07, 6.45) is 3.40. The van der Waals surface area contributed by atoms with Gasteiger partial charge in [-0.25, -0.2) is 4.39 Å². The first-order chi connectivity index (χ1) is 15.2. The van der Waals surface area contributed by atoms with E-state index in [2.05, 4.69) is 25.6 Å². The number of carbonyl (C=O) groups is 1. The molecule has 8 heteroatoms. The van der Waals surface area contributed by atoms with E-state index in [4.69, 9.17) is 0 Å². The predicted molar refractivity (Wildman–Crippen MR) is 114 cm³/mol. The normalized spacial score (nSPS) is 10.9. The first-order valence-electron chi connectivity index (χ1n) is 9.48. The van der Waals surface area contributed by atoms with Crippen LogP contribution in [0.4, 0.5) is 10.1 Å². The molecule has 7 nitrogen and oxygen atoms in total. The lowest BCUT2D eigenvalue weighted by molar-refractivity contribution is 0.102. The smallest absolute Gasteiger partial charge is 0.258 e. The van der Waals surface area contributed by atoms with Gasteiger partial charge in [-0.05, 0) is 48.5 Å². The molecule has 3 heterocycles. The molecule has 0 aliphatic rings. The van der Waals surface area contributed by atoms with E-state index in [1.165, 1.54) is 12.1 Å². The number of halogens is 1. The molecule has 0 aliphatic carbocycles. The quantitative estimate of drug-likeness (QED) is 0.479. The predicted octanol–water partition coefficient (Wildman–Crippen LogP) is 4.24. The molecule has 0 bridgehead atoms. The van der Waals surface area contributed by atoms with Crippen molar-refractivity contribution in [2.75, 3.05) is 5.32 Å². The van der Waals surface area contributed by atoms with Crippen LogP contribution in [0.25, 0.3) is 28.3 Å². The monoisotopic (exact) mass is 410 g/mol. The fourth-order valence-corrected chi connectivity index (χ4v) is 3.19. The van der Waals surface area contributed by atoms with Crippen molar-refractivity contribution >= 4 is 17.2 Å². The van der Waals surface area contributed by atoms with Gasteiger partial charge in [0.2, 0.25) is 0 Å². The summed E-state index contributed by atoms with van der Waals surface area (Å²) >= 11 is 0. The van der Waals surface area contributed by atoms with Gasteiger partial charge in [-0.3, -0.25) is 9.78 Å². The van der Waals surface area contributed by atoms with E-state index in [0.29, 0.717) is 22.9 Å². The van der Waals surface area contributed by atoms with E-state index in [-0.39, 0.29) is 5.56 Å². The number of nitrogens with one attached hydrogen (secondary N) is 1. The lowest BCUT2D eigenvalue weighted by Crippen LogP contribution is -2.13. The Kier molecular flexibility index (Phi) is 4.64. The minimum atomic E-state index is -0.563. The van der Waals surface area contributed by atoms with Gasteiger partial charge in [0.25, 0.3) is 5.91 Å². The van der Waals surface area contributed by atoms with Crippen molar-refractivity contribution in [1.29, 1.82) is 0 Å². The third kappa shape index (κ3) is 3.62. The summed E-state index contributed by atoms with van der Waals surface area (Å²) in [4.78, 5) is 16.4. The highest BCUT2D eigenvalue weighted by molar-refractivity contribution is 6.04. The number of hydrogen-bond acceptors (Lipinski definition) is 5. The van der Waals surface area contributed by atoms with Gasteiger partial charge in [0, 0.05) is 29.2 Å². The van der Waals surface area contributed by atoms with E-state index in [1.807, 2.05) is 36.4 Å². The Balaban J connectivity index is 1.42. The van der Waals surface area contributed by atoms with Gasteiger partial charge >= 0.3 is 0 Å². The number of pyridine rings is 1. The molecule has 2 aromatic carbocycles. The van der Waals surface area contributed by atoms with Crippen LogP contribution in [-0.4, -0.2) is 30.7 Å². The van der Waals surface area contributed by atoms with Crippen molar-refractivity contribution < 1.29 is 9.18 Å². The molecule has 0 saturated heterocycles. The third-order valence-electron chi connectivity index (χ3n) is 4.74. The lowest BCUT2D eigenvalue weighted by atomic mass is 10.1. The standard InChI is InChI=1S/C23H15FN6O/c24-19-6-2-1-5-18(19)23(31)26-17-9-7-15(8-10-17)20-11-12-21-27-28-22(30(21)29-20)16-4-3-13-25-14-16/h1-14H,(H,26,31). The van der Waals surface area contributed by atoms with E-state index in [9.17, 15) is 9.18 Å². The summed E-state index contributed by atoms with van der Waals surface area (Å²) in [5.41, 5.74) is 3.54. The molecule has 1 amide bonds. The van der Waals surface area contributed by atoms with Crippen molar-refractivity contribution in [2.45, 2.75) is 0 Å². The highest BCUT2D eigenvalue weighted by Crippen LogP contribution is 2.22. The average Bonchev–Trinajstić information content (AvgIpc) is 3.24. The average molecular weight is 410 g/mol. The van der Waals surface area contributed by atoms with Crippen LogP contribution in [0.3, 0.4) is 0 Å². The van der Waals surface area contributed by atoms with Crippen molar-refractivity contribution in [3.63, 3.8) is 0 Å². The molecule has 0 spiro atoms. The van der Waals surface area contributed by atoms with E-state index >= 15 is 0 Å². The number of benzene rings is 2. The van der Waals surface area contributed by atoms with Gasteiger partial charge in [0.1, 0.15) is 5.82 Å². The van der Waals surface area contributed by atoms with Crippen LogP contribution >= 0.6 is 0 Å². The fraction of sp³-hybridized carbons (Fsp3) is 0. The Morgan fingerprint density at radius 2 is 1.71 bits per heavy atom. The van der Waals surface area contributed by atoms with E-state index < -0.39 is 11.7 Å². The van der Waals surface area contributed by atoms with Crippen LogP contribution in [0.2, 0.25) is 0 Å². The largest absolute Gasteiger partial charge is 0.322 e. The second kappa shape index (κ2) is 7.75. The summed E-state index contributed by atoms with van der Waals surface area (Å²) in [5.74, 6) is -0.470. The molecule has 0 saturated carbocycles. The highest BCUT2D eigenvalue weighted by atomic mass is 19.1. The molecule has 5 rings (SSSR count). The summed E-state index contributed by atoms with van der Waals surface area (Å²) < 4.78 is 15.5. The Hall–Kier alpha value is -4.46. The van der Waals surface area contributed by atoms with Gasteiger partial charge in [-0.15, -0.1) is 10.2 Å². The zero-order chi connectivity index (χ0) is 21.2. The van der Waals surface area contributed by atoms with Crippen LogP contribution in [0.15, 0.2) is 85.2 Å². The van der Waals surface area contributed by atoms with Crippen molar-refractivity contribution in [1.82, 2.24) is 24.8 Å². The SMILES string of the molecule is O=C(Nc1ccc(-c2ccc3nnc(-c4cccnc4)n3n2)cc1)c1ccccc1F. The molecular weight excluding hydrogens is 395 g/mol. The van der Waals surface area contributed by atoms with Crippen LogP contribution in [-0.2, 0) is 0 Å². The fourth-order valence-electron chi connectivity index (χ4n) is 3.19. The van der Waals surface area contributed by atoms with E-state index in [0.717, 1.165) is 11.1 Å². The Bertz CT molecular complexity index is 1380. The molecule has 3 aromatic heterocycles. The number of hydrogen-bond donors (Lipinski definition) is 1. The lowest BCUT2D eigenvalue weighted by Gasteiger charge is -2.08. The maximum atomic E-state index is 13.8. The number of aromatic nitrogens is 5. The zero-order valence-corrected chi connectivity index (χ0v) is 16.1. The molecule has 0 atom stereocenters. The summed E-state index contributed by atoms with van der Waals surface area (Å²) in [6, 6.07) is 20.4. The van der Waals surface area contributed by atoms with Crippen molar-refractivity contribution in [3.05, 3.63) is 96.6 Å². The number of nitrogens with zero attached hydrogens (tertiary/aromatic N) is 5. The molecular formula is C23H15FN6O. The minimum absolute atomic E-state index is 0.00534. The maximum absolute atomic E-state index is 13.8. The van der Waals surface area contributed by atoms with Crippen molar-refractivity contribution in [3.8, 4) is 22.6 Å². The number of rotatable bonds is 4. The number of anilines is 1. The molecule has 0 aliphatic heterocycles. The van der Waals surface area contributed by atoms with Crippen LogP contribution in [0.5, 0.6) is 0 Å². The Labute approximate surface area is 176 Å². The van der Waals surface area contributed by atoms with Gasteiger partial charge < -0.3 is 5.32 Å². The third-order valence-corrected chi connectivity index (χ3v) is 4.74. The molecule has 0 unspecified atom stereocenters. The molecule has 5 aromatic rings. The Morgan fingerprint density at radius 1 is 0.871 bits per heavy atom. The summed E-state index contributed by atoms with van der Waals surface area (Å²) in [6.45, 7) is 0. The number of amides is 1. The molecule has 0 radical (unpaired) electrons. The first kappa shape index (κ1) is 18.6. The topological polar surface area (TPSA) is 85.1 Å². The number of fused-ring (bicyclic) bond motifs is 1. The van der Waals surface area contributed by atoms with Crippen LogP contribution < -0.4 is 5.32 Å². The van der Waals surface area contributed by atoms with Crippen LogP contribution in [0.1, 0.15) is 10.4 Å². The van der Waals surface area contributed by atoms with Crippen molar-refractivity contribution in [2.24, 2.45) is 0 Å².